The first-order valence-electron chi connectivity index (χ1n) is 10.5. The number of hydrogen-bond acceptors (Lipinski definition) is 5. The van der Waals surface area contributed by atoms with E-state index >= 15 is 0 Å². The summed E-state index contributed by atoms with van der Waals surface area (Å²) >= 11 is 1.37. The highest BCUT2D eigenvalue weighted by atomic mass is 32.2. The number of amides is 2. The Kier molecular flexibility index (Phi) is 6.92. The third-order valence-corrected chi connectivity index (χ3v) is 6.08. The number of anilines is 1. The summed E-state index contributed by atoms with van der Waals surface area (Å²) in [5.41, 5.74) is 4.54. The van der Waals surface area contributed by atoms with Gasteiger partial charge in [0, 0.05) is 42.4 Å². The molecule has 0 bridgehead atoms. The van der Waals surface area contributed by atoms with Crippen LogP contribution in [0.4, 0.5) is 5.69 Å². The van der Waals surface area contributed by atoms with E-state index in [0.29, 0.717) is 37.6 Å². The number of thioether (sulfide) groups is 1. The van der Waals surface area contributed by atoms with Gasteiger partial charge in [0.15, 0.2) is 5.16 Å². The molecule has 0 radical (unpaired) electrons. The fourth-order valence-corrected chi connectivity index (χ4v) is 4.46. The molecule has 0 unspecified atom stereocenters. The van der Waals surface area contributed by atoms with Gasteiger partial charge in [-0.1, -0.05) is 23.9 Å². The van der Waals surface area contributed by atoms with Gasteiger partial charge in [-0.2, -0.15) is 0 Å². The Morgan fingerprint density at radius 3 is 2.59 bits per heavy atom. The molecule has 2 heterocycles. The van der Waals surface area contributed by atoms with E-state index in [0.717, 1.165) is 10.8 Å². The predicted octanol–water partition coefficient (Wildman–Crippen LogP) is 3.69. The normalized spacial score (nSPS) is 13.8. The minimum absolute atomic E-state index is 0.0470. The van der Waals surface area contributed by atoms with Crippen molar-refractivity contribution in [3.63, 3.8) is 0 Å². The van der Waals surface area contributed by atoms with Crippen LogP contribution in [0.25, 0.3) is 5.69 Å². The summed E-state index contributed by atoms with van der Waals surface area (Å²) in [6.45, 7) is 6.39. The zero-order valence-electron chi connectivity index (χ0n) is 18.2. The van der Waals surface area contributed by atoms with Crippen LogP contribution in [0.5, 0.6) is 0 Å². The molecular weight excluding hydrogens is 424 g/mol. The minimum Gasteiger partial charge on any atom is -0.378 e. The van der Waals surface area contributed by atoms with E-state index in [1.807, 2.05) is 10.8 Å². The number of rotatable bonds is 6. The van der Waals surface area contributed by atoms with E-state index in [1.165, 1.54) is 22.9 Å². The first-order valence-corrected chi connectivity index (χ1v) is 11.5. The topological polar surface area (TPSA) is 76.5 Å². The van der Waals surface area contributed by atoms with Gasteiger partial charge in [0.25, 0.3) is 5.91 Å². The van der Waals surface area contributed by atoms with E-state index in [4.69, 9.17) is 4.74 Å². The van der Waals surface area contributed by atoms with Gasteiger partial charge >= 0.3 is 0 Å². The number of aromatic nitrogens is 2. The van der Waals surface area contributed by atoms with Crippen LogP contribution in [0, 0.1) is 13.8 Å². The quantitative estimate of drug-likeness (QED) is 0.580. The molecule has 0 atom stereocenters. The number of hydrogen-bond donors (Lipinski definition) is 1. The first kappa shape index (κ1) is 22.1. The summed E-state index contributed by atoms with van der Waals surface area (Å²) in [5.74, 6) is 0.0129. The molecule has 8 heteroatoms. The zero-order chi connectivity index (χ0) is 22.5. The van der Waals surface area contributed by atoms with Crippen LogP contribution < -0.4 is 5.32 Å². The first-order chi connectivity index (χ1) is 15.5. The Morgan fingerprint density at radius 1 is 1.09 bits per heavy atom. The number of carbonyl (C=O) groups excluding carboxylic acids is 2. The molecule has 4 rings (SSSR count). The monoisotopic (exact) mass is 450 g/mol. The molecule has 3 aromatic rings. The molecule has 0 saturated carbocycles. The summed E-state index contributed by atoms with van der Waals surface area (Å²) in [4.78, 5) is 31.4. The van der Waals surface area contributed by atoms with E-state index < -0.39 is 0 Å². The SMILES string of the molecule is Cc1cc(C)cc(-n2ccnc2SCC(=O)Nc2cccc(C(=O)N3CCOCC3)c2)c1. The maximum atomic E-state index is 12.7. The van der Waals surface area contributed by atoms with Gasteiger partial charge in [-0.25, -0.2) is 4.98 Å². The Hall–Kier alpha value is -3.10. The highest BCUT2D eigenvalue weighted by Crippen LogP contribution is 2.23. The third kappa shape index (κ3) is 5.38. The van der Waals surface area contributed by atoms with Crippen LogP contribution in [-0.4, -0.2) is 58.3 Å². The Labute approximate surface area is 191 Å². The van der Waals surface area contributed by atoms with Gasteiger partial charge in [-0.3, -0.25) is 14.2 Å². The van der Waals surface area contributed by atoms with Crippen molar-refractivity contribution in [3.05, 3.63) is 71.5 Å². The van der Waals surface area contributed by atoms with Crippen molar-refractivity contribution in [1.29, 1.82) is 0 Å². The van der Waals surface area contributed by atoms with Crippen molar-refractivity contribution in [2.45, 2.75) is 19.0 Å². The molecule has 32 heavy (non-hydrogen) atoms. The van der Waals surface area contributed by atoms with Crippen molar-refractivity contribution in [1.82, 2.24) is 14.5 Å². The summed E-state index contributed by atoms with van der Waals surface area (Å²) in [6, 6.07) is 13.4. The predicted molar refractivity (Wildman–Crippen MR) is 126 cm³/mol. The molecule has 1 aromatic heterocycles. The number of benzene rings is 2. The Balaban J connectivity index is 1.38. The molecule has 0 aliphatic carbocycles. The molecule has 1 aliphatic rings. The lowest BCUT2D eigenvalue weighted by Gasteiger charge is -2.27. The van der Waals surface area contributed by atoms with Crippen LogP contribution in [0.1, 0.15) is 21.5 Å². The summed E-state index contributed by atoms with van der Waals surface area (Å²) < 4.78 is 7.29. The lowest BCUT2D eigenvalue weighted by molar-refractivity contribution is -0.113. The van der Waals surface area contributed by atoms with E-state index in [2.05, 4.69) is 42.3 Å². The number of aryl methyl sites for hydroxylation is 2. The molecule has 166 valence electrons. The molecule has 2 aromatic carbocycles. The lowest BCUT2D eigenvalue weighted by Crippen LogP contribution is -2.40. The number of nitrogens with zero attached hydrogens (tertiary/aromatic N) is 3. The lowest BCUT2D eigenvalue weighted by atomic mass is 10.1. The molecule has 7 nitrogen and oxygen atoms in total. The summed E-state index contributed by atoms with van der Waals surface area (Å²) in [7, 11) is 0. The van der Waals surface area contributed by atoms with Crippen molar-refractivity contribution in [3.8, 4) is 5.69 Å². The molecule has 0 spiro atoms. The van der Waals surface area contributed by atoms with Crippen molar-refractivity contribution in [2.24, 2.45) is 0 Å². The highest BCUT2D eigenvalue weighted by Gasteiger charge is 2.19. The van der Waals surface area contributed by atoms with Crippen LogP contribution in [0.15, 0.2) is 60.0 Å². The van der Waals surface area contributed by atoms with E-state index in [-0.39, 0.29) is 17.6 Å². The third-order valence-electron chi connectivity index (χ3n) is 5.12. The summed E-state index contributed by atoms with van der Waals surface area (Å²) in [6.07, 6.45) is 3.63. The van der Waals surface area contributed by atoms with Crippen LogP contribution in [0.3, 0.4) is 0 Å². The van der Waals surface area contributed by atoms with Gasteiger partial charge in [0.05, 0.1) is 19.0 Å². The largest absolute Gasteiger partial charge is 0.378 e. The molecule has 1 saturated heterocycles. The highest BCUT2D eigenvalue weighted by molar-refractivity contribution is 7.99. The smallest absolute Gasteiger partial charge is 0.254 e. The van der Waals surface area contributed by atoms with Crippen LogP contribution in [-0.2, 0) is 9.53 Å². The second-order valence-electron chi connectivity index (χ2n) is 7.75. The summed E-state index contributed by atoms with van der Waals surface area (Å²) in [5, 5.41) is 3.64. The van der Waals surface area contributed by atoms with Crippen LogP contribution in [0.2, 0.25) is 0 Å². The van der Waals surface area contributed by atoms with Crippen molar-refractivity contribution < 1.29 is 14.3 Å². The Morgan fingerprint density at radius 2 is 1.84 bits per heavy atom. The number of morpholine rings is 1. The molecule has 1 aliphatic heterocycles. The maximum absolute atomic E-state index is 12.7. The van der Waals surface area contributed by atoms with Gasteiger partial charge in [-0.05, 0) is 55.3 Å². The van der Waals surface area contributed by atoms with Crippen LogP contribution >= 0.6 is 11.8 Å². The second kappa shape index (κ2) is 10.0. The van der Waals surface area contributed by atoms with Gasteiger partial charge in [0.1, 0.15) is 0 Å². The zero-order valence-corrected chi connectivity index (χ0v) is 19.0. The molecule has 1 N–H and O–H groups in total. The molecule has 2 amide bonds. The maximum Gasteiger partial charge on any atom is 0.254 e. The molecular formula is C24H26N4O3S. The van der Waals surface area contributed by atoms with Gasteiger partial charge in [-0.15, -0.1) is 0 Å². The average Bonchev–Trinajstić information content (AvgIpc) is 3.26. The molecule has 1 fully saturated rings. The van der Waals surface area contributed by atoms with Gasteiger partial charge in [0.2, 0.25) is 5.91 Å². The standard InChI is InChI=1S/C24H26N4O3S/c1-17-12-18(2)14-21(13-17)28-7-6-25-24(28)32-16-22(29)26-20-5-3-4-19(15-20)23(30)27-8-10-31-11-9-27/h3-7,12-15H,8-11,16H2,1-2H3,(H,26,29). The van der Waals surface area contributed by atoms with Crippen molar-refractivity contribution in [2.75, 3.05) is 37.4 Å². The van der Waals surface area contributed by atoms with E-state index in [1.54, 1.807) is 35.4 Å². The minimum atomic E-state index is -0.152. The fourth-order valence-electron chi connectivity index (χ4n) is 3.69. The second-order valence-corrected chi connectivity index (χ2v) is 8.69. The van der Waals surface area contributed by atoms with Gasteiger partial charge < -0.3 is 15.0 Å². The van der Waals surface area contributed by atoms with Crippen molar-refractivity contribution >= 4 is 29.3 Å². The average molecular weight is 451 g/mol. The number of nitrogens with one attached hydrogen (secondary N) is 1. The van der Waals surface area contributed by atoms with E-state index in [9.17, 15) is 9.59 Å². The number of imidazole rings is 1. The number of ether oxygens (including phenoxy) is 1. The Bertz CT molecular complexity index is 1100. The number of carbonyl (C=O) groups is 2. The fraction of sp³-hybridized carbons (Fsp3) is 0.292.